The van der Waals surface area contributed by atoms with E-state index in [1.165, 1.54) is 6.07 Å². The third-order valence-electron chi connectivity index (χ3n) is 7.25. The van der Waals surface area contributed by atoms with Crippen LogP contribution in [-0.2, 0) is 10.3 Å². The number of aliphatic hydroxyl groups excluding tert-OH is 1. The minimum atomic E-state index is -1.17. The van der Waals surface area contributed by atoms with Crippen molar-refractivity contribution < 1.29 is 14.3 Å². The summed E-state index contributed by atoms with van der Waals surface area (Å²) >= 11 is 12.4. The van der Waals surface area contributed by atoms with E-state index < -0.39 is 23.3 Å². The number of benzene rings is 2. The van der Waals surface area contributed by atoms with Crippen molar-refractivity contribution in [2.45, 2.75) is 49.2 Å². The van der Waals surface area contributed by atoms with Gasteiger partial charge in [0, 0.05) is 47.4 Å². The van der Waals surface area contributed by atoms with Crippen molar-refractivity contribution in [2.75, 3.05) is 18.5 Å². The fraction of sp³-hybridized carbons (Fsp3) is 0.458. The molecule has 3 aliphatic rings. The molecule has 0 aromatic heterocycles. The van der Waals surface area contributed by atoms with Gasteiger partial charge in [0.25, 0.3) is 0 Å². The number of hydrogen-bond donors (Lipinski definition) is 3. The molecule has 1 aliphatic carbocycles. The Morgan fingerprint density at radius 2 is 2.03 bits per heavy atom. The zero-order valence-electron chi connectivity index (χ0n) is 17.5. The van der Waals surface area contributed by atoms with Crippen LogP contribution in [0.1, 0.15) is 42.7 Å². The molecular formula is C24H26Cl2FN3O2. The zero-order valence-corrected chi connectivity index (χ0v) is 19.0. The molecule has 2 aromatic carbocycles. The summed E-state index contributed by atoms with van der Waals surface area (Å²) in [6.45, 7) is 0.722. The minimum Gasteiger partial charge on any atom is -0.396 e. The number of likely N-dealkylation sites (tertiary alicyclic amines) is 1. The van der Waals surface area contributed by atoms with E-state index in [-0.39, 0.29) is 23.6 Å². The first-order chi connectivity index (χ1) is 15.4. The number of nitrogens with one attached hydrogen (secondary N) is 1. The normalized spacial score (nSPS) is 29.5. The number of amides is 1. The summed E-state index contributed by atoms with van der Waals surface area (Å²) in [7, 11) is 0. The van der Waals surface area contributed by atoms with E-state index in [0.29, 0.717) is 41.6 Å². The first kappa shape index (κ1) is 22.1. The van der Waals surface area contributed by atoms with E-state index in [0.717, 1.165) is 18.4 Å². The lowest BCUT2D eigenvalue weighted by Crippen LogP contribution is -2.52. The topological polar surface area (TPSA) is 78.6 Å². The Kier molecular flexibility index (Phi) is 5.71. The number of hydrogen-bond acceptors (Lipinski definition) is 4. The molecule has 2 aliphatic heterocycles. The number of rotatable bonds is 6. The summed E-state index contributed by atoms with van der Waals surface area (Å²) < 4.78 is 15.4. The number of carbonyl (C=O) groups excluding carboxylic acids is 1. The average molecular weight is 478 g/mol. The number of halogens is 3. The Balaban J connectivity index is 1.75. The fourth-order valence-electron chi connectivity index (χ4n) is 5.73. The first-order valence-corrected chi connectivity index (χ1v) is 11.8. The lowest BCUT2D eigenvalue weighted by Gasteiger charge is -2.40. The fourth-order valence-corrected chi connectivity index (χ4v) is 6.09. The van der Waals surface area contributed by atoms with Crippen molar-refractivity contribution in [3.05, 3.63) is 63.4 Å². The summed E-state index contributed by atoms with van der Waals surface area (Å²) in [5, 5.41) is 13.0. The van der Waals surface area contributed by atoms with Crippen molar-refractivity contribution >= 4 is 34.8 Å². The smallest absolute Gasteiger partial charge is 0.250 e. The van der Waals surface area contributed by atoms with Gasteiger partial charge in [-0.05, 0) is 55.4 Å². The molecule has 2 fully saturated rings. The van der Waals surface area contributed by atoms with Gasteiger partial charge >= 0.3 is 0 Å². The quantitative estimate of drug-likeness (QED) is 0.580. The largest absolute Gasteiger partial charge is 0.396 e. The van der Waals surface area contributed by atoms with Crippen molar-refractivity contribution in [3.63, 3.8) is 0 Å². The number of fused-ring (bicyclic) bond motifs is 2. The van der Waals surface area contributed by atoms with Crippen LogP contribution >= 0.6 is 23.2 Å². The summed E-state index contributed by atoms with van der Waals surface area (Å²) in [5.41, 5.74) is 7.43. The number of nitrogens with zero attached hydrogens (tertiary/aromatic N) is 1. The van der Waals surface area contributed by atoms with Crippen LogP contribution in [0.25, 0.3) is 0 Å². The Bertz CT molecular complexity index is 1060. The van der Waals surface area contributed by atoms with Crippen molar-refractivity contribution in [1.82, 2.24) is 4.90 Å². The molecule has 2 heterocycles. The van der Waals surface area contributed by atoms with Gasteiger partial charge in [0.05, 0.1) is 5.02 Å². The number of anilines is 1. The van der Waals surface area contributed by atoms with Crippen molar-refractivity contribution in [2.24, 2.45) is 11.7 Å². The van der Waals surface area contributed by atoms with Crippen LogP contribution in [-0.4, -0.2) is 41.1 Å². The maximum atomic E-state index is 15.4. The third-order valence-corrected chi connectivity index (χ3v) is 7.77. The number of nitrogens with two attached hydrogens (primary N) is 1. The van der Waals surface area contributed by atoms with Gasteiger partial charge in [-0.25, -0.2) is 4.39 Å². The molecule has 1 amide bonds. The van der Waals surface area contributed by atoms with Gasteiger partial charge in [-0.3, -0.25) is 9.69 Å². The van der Waals surface area contributed by atoms with Gasteiger partial charge in [-0.2, -0.15) is 0 Å². The standard InChI is InChI=1S/C24H26Cl2FN3O2/c25-14-8-9-16-18(11-14)29-23(32)24(16)20(15-3-1-4-17(26)21(15)27)22(28)19(5-2-10-31)30(24)12-13-6-7-13/h1,3-4,8-9,11,13,19-20,22,31H,2,5-7,10,12,28H2,(H,29,32)/t19-,20-,22+,24+/m0/s1. The van der Waals surface area contributed by atoms with E-state index in [1.807, 2.05) is 6.07 Å². The second-order valence-corrected chi connectivity index (χ2v) is 9.98. The number of carbonyl (C=O) groups is 1. The molecule has 170 valence electrons. The van der Waals surface area contributed by atoms with Crippen LogP contribution in [0.5, 0.6) is 0 Å². The zero-order chi connectivity index (χ0) is 22.6. The van der Waals surface area contributed by atoms with Gasteiger partial charge in [0.1, 0.15) is 11.4 Å². The molecule has 2 aromatic rings. The highest BCUT2D eigenvalue weighted by atomic mass is 35.5. The van der Waals surface area contributed by atoms with E-state index >= 15 is 4.39 Å². The third kappa shape index (κ3) is 3.27. The monoisotopic (exact) mass is 477 g/mol. The van der Waals surface area contributed by atoms with Crippen LogP contribution in [0.3, 0.4) is 0 Å². The maximum absolute atomic E-state index is 15.4. The summed E-state index contributed by atoms with van der Waals surface area (Å²) in [6, 6.07) is 9.50. The Morgan fingerprint density at radius 1 is 1.25 bits per heavy atom. The van der Waals surface area contributed by atoms with E-state index in [9.17, 15) is 9.90 Å². The predicted octanol–water partition coefficient (Wildman–Crippen LogP) is 4.26. The summed E-state index contributed by atoms with van der Waals surface area (Å²) in [4.78, 5) is 16.1. The Labute approximate surface area is 196 Å². The second-order valence-electron chi connectivity index (χ2n) is 9.14. The van der Waals surface area contributed by atoms with Crippen LogP contribution in [0.15, 0.2) is 36.4 Å². The van der Waals surface area contributed by atoms with Crippen LogP contribution < -0.4 is 11.1 Å². The highest BCUT2D eigenvalue weighted by molar-refractivity contribution is 6.31. The maximum Gasteiger partial charge on any atom is 0.250 e. The van der Waals surface area contributed by atoms with Gasteiger partial charge in [-0.1, -0.05) is 41.4 Å². The molecule has 5 rings (SSSR count). The average Bonchev–Trinajstić information content (AvgIpc) is 3.49. The van der Waals surface area contributed by atoms with Crippen molar-refractivity contribution in [3.8, 4) is 0 Å². The molecule has 0 bridgehead atoms. The Morgan fingerprint density at radius 3 is 2.75 bits per heavy atom. The highest BCUT2D eigenvalue weighted by Crippen LogP contribution is 2.58. The highest BCUT2D eigenvalue weighted by Gasteiger charge is 2.66. The van der Waals surface area contributed by atoms with E-state index in [1.54, 1.807) is 24.3 Å². The summed E-state index contributed by atoms with van der Waals surface area (Å²) in [6.07, 6.45) is 3.36. The van der Waals surface area contributed by atoms with Crippen LogP contribution in [0, 0.1) is 11.7 Å². The molecule has 4 N–H and O–H groups in total. The van der Waals surface area contributed by atoms with E-state index in [2.05, 4.69) is 10.2 Å². The lowest BCUT2D eigenvalue weighted by molar-refractivity contribution is -0.128. The molecule has 8 heteroatoms. The van der Waals surface area contributed by atoms with Gasteiger partial charge in [0.15, 0.2) is 0 Å². The SMILES string of the molecule is N[C@@H]1[C@H](CCCO)N(CC2CC2)[C@@]2(C(=O)Nc3cc(Cl)ccc32)[C@H]1c1cccc(Cl)c1F. The molecule has 0 radical (unpaired) electrons. The molecule has 5 nitrogen and oxygen atoms in total. The minimum absolute atomic E-state index is 0.00661. The summed E-state index contributed by atoms with van der Waals surface area (Å²) in [5.74, 6) is -0.936. The van der Waals surface area contributed by atoms with E-state index in [4.69, 9.17) is 28.9 Å². The molecular weight excluding hydrogens is 452 g/mol. The lowest BCUT2D eigenvalue weighted by atomic mass is 9.73. The predicted molar refractivity (Wildman–Crippen MR) is 123 cm³/mol. The number of aliphatic hydroxyl groups is 1. The van der Waals surface area contributed by atoms with Crippen LogP contribution in [0.2, 0.25) is 10.0 Å². The second kappa shape index (κ2) is 8.26. The molecule has 4 atom stereocenters. The molecule has 1 spiro atoms. The van der Waals surface area contributed by atoms with Gasteiger partial charge in [0.2, 0.25) is 5.91 Å². The molecule has 32 heavy (non-hydrogen) atoms. The first-order valence-electron chi connectivity index (χ1n) is 11.1. The van der Waals surface area contributed by atoms with Crippen LogP contribution in [0.4, 0.5) is 10.1 Å². The molecule has 1 saturated carbocycles. The Hall–Kier alpha value is -1.70. The van der Waals surface area contributed by atoms with Gasteiger partial charge < -0.3 is 16.2 Å². The van der Waals surface area contributed by atoms with Gasteiger partial charge in [-0.15, -0.1) is 0 Å². The molecule has 1 saturated heterocycles. The van der Waals surface area contributed by atoms with Crippen molar-refractivity contribution in [1.29, 1.82) is 0 Å². The molecule has 0 unspecified atom stereocenters.